The number of carbonyl (C=O) groups is 1. The minimum Gasteiger partial charge on any atom is -0.392 e. The fourth-order valence-electron chi connectivity index (χ4n) is 6.80. The van der Waals surface area contributed by atoms with Crippen molar-refractivity contribution in [2.24, 2.45) is 23.2 Å². The molecule has 1 aromatic heterocycles. The molecule has 1 aromatic carbocycles. The predicted octanol–water partition coefficient (Wildman–Crippen LogP) is 4.32. The van der Waals surface area contributed by atoms with Crippen molar-refractivity contribution in [3.63, 3.8) is 0 Å². The van der Waals surface area contributed by atoms with Crippen molar-refractivity contribution in [3.8, 4) is 0 Å². The third-order valence-corrected chi connectivity index (χ3v) is 12.0. The van der Waals surface area contributed by atoms with Gasteiger partial charge in [0.2, 0.25) is 5.91 Å². The Hall–Kier alpha value is -1.52. The van der Waals surface area contributed by atoms with E-state index in [4.69, 9.17) is 21.3 Å². The molecule has 37 heavy (non-hydrogen) atoms. The number of rotatable bonds is 5. The number of carbonyl (C=O) groups excluding carboxylic acids is 1. The number of thiazole rings is 1. The molecule has 2 heterocycles. The van der Waals surface area contributed by atoms with Crippen LogP contribution >= 0.6 is 22.9 Å². The molecule has 2 aromatic rings. The van der Waals surface area contributed by atoms with E-state index in [1.54, 1.807) is 12.1 Å². The lowest BCUT2D eigenvalue weighted by molar-refractivity contribution is -0.148. The Kier molecular flexibility index (Phi) is 7.48. The van der Waals surface area contributed by atoms with Crippen molar-refractivity contribution in [2.45, 2.75) is 62.7 Å². The molecule has 0 bridgehead atoms. The zero-order valence-corrected chi connectivity index (χ0v) is 23.9. The first kappa shape index (κ1) is 27.1. The second-order valence-electron chi connectivity index (χ2n) is 11.2. The quantitative estimate of drug-likeness (QED) is 0.579. The molecule has 6 atom stereocenters. The molecule has 5 rings (SSSR count). The number of aliphatic hydroxyl groups is 1. The van der Waals surface area contributed by atoms with Crippen molar-refractivity contribution in [1.29, 1.82) is 0 Å². The number of nitrogens with zero attached hydrogens (tertiary/aromatic N) is 2. The SMILES string of the molecule is C[C@H](C(=O)N1CCOCC1)[C@H]1CC[C@@]2(C)Cc3sc(CS(=O)(=O)c4ccc(Cl)cc4)nc3[C@@H](C)[C@@H]2[C@H]1O. The van der Waals surface area contributed by atoms with Crippen LogP contribution in [-0.2, 0) is 31.5 Å². The van der Waals surface area contributed by atoms with Crippen molar-refractivity contribution < 1.29 is 23.1 Å². The first-order chi connectivity index (χ1) is 17.5. The number of hydrogen-bond acceptors (Lipinski definition) is 7. The number of aliphatic hydroxyl groups excluding tert-OH is 1. The van der Waals surface area contributed by atoms with Gasteiger partial charge in [-0.2, -0.15) is 0 Å². The Morgan fingerprint density at radius 2 is 1.97 bits per heavy atom. The van der Waals surface area contributed by atoms with Crippen LogP contribution < -0.4 is 0 Å². The van der Waals surface area contributed by atoms with Gasteiger partial charge in [-0.25, -0.2) is 13.4 Å². The van der Waals surface area contributed by atoms with Gasteiger partial charge in [0.1, 0.15) is 10.8 Å². The summed E-state index contributed by atoms with van der Waals surface area (Å²) in [6.07, 6.45) is 1.86. The van der Waals surface area contributed by atoms with Gasteiger partial charge in [-0.15, -0.1) is 11.3 Å². The van der Waals surface area contributed by atoms with Gasteiger partial charge in [0, 0.05) is 34.8 Å². The Morgan fingerprint density at radius 1 is 1.30 bits per heavy atom. The van der Waals surface area contributed by atoms with Gasteiger partial charge in [-0.1, -0.05) is 32.4 Å². The molecular weight excluding hydrogens is 532 g/mol. The van der Waals surface area contributed by atoms with E-state index < -0.39 is 15.9 Å². The molecule has 10 heteroatoms. The molecule has 1 saturated carbocycles. The molecule has 2 aliphatic carbocycles. The average molecular weight is 567 g/mol. The summed E-state index contributed by atoms with van der Waals surface area (Å²) >= 11 is 7.41. The summed E-state index contributed by atoms with van der Waals surface area (Å²) in [5, 5.41) is 12.8. The zero-order valence-electron chi connectivity index (χ0n) is 21.5. The lowest BCUT2D eigenvalue weighted by atomic mass is 9.53. The third-order valence-electron chi connectivity index (χ3n) is 8.81. The molecule has 3 aliphatic rings. The Morgan fingerprint density at radius 3 is 2.65 bits per heavy atom. The Bertz CT molecular complexity index is 1260. The van der Waals surface area contributed by atoms with Crippen LogP contribution in [0.2, 0.25) is 5.02 Å². The molecule has 1 N–H and O–H groups in total. The van der Waals surface area contributed by atoms with E-state index in [-0.39, 0.29) is 45.6 Å². The van der Waals surface area contributed by atoms with E-state index >= 15 is 0 Å². The largest absolute Gasteiger partial charge is 0.392 e. The second kappa shape index (κ2) is 10.2. The Labute approximate surface area is 228 Å². The summed E-state index contributed by atoms with van der Waals surface area (Å²) in [6.45, 7) is 8.61. The number of fused-ring (bicyclic) bond motifs is 2. The van der Waals surface area contributed by atoms with Crippen molar-refractivity contribution >= 4 is 38.7 Å². The summed E-state index contributed by atoms with van der Waals surface area (Å²) < 4.78 is 31.4. The molecular formula is C27H35ClN2O5S2. The van der Waals surface area contributed by atoms with Crippen LogP contribution in [0.15, 0.2) is 29.2 Å². The number of hydrogen-bond donors (Lipinski definition) is 1. The van der Waals surface area contributed by atoms with Crippen LogP contribution in [0.1, 0.15) is 55.1 Å². The highest BCUT2D eigenvalue weighted by atomic mass is 35.5. The van der Waals surface area contributed by atoms with E-state index in [9.17, 15) is 18.3 Å². The van der Waals surface area contributed by atoms with Gasteiger partial charge < -0.3 is 14.7 Å². The smallest absolute Gasteiger partial charge is 0.225 e. The standard InChI is InChI=1S/C27H35ClN2O5S2/c1-16(26(32)30-10-12-35-13-11-30)20-8-9-27(3)14-21-24(17(2)23(27)25(20)31)29-22(36-21)15-37(33,34)19-6-4-18(28)5-7-19/h4-7,16-17,20,23,25,31H,8-15H2,1-3H3/t16-,17-,20+,23+,25-,27-/m0/s1. The van der Waals surface area contributed by atoms with Crippen LogP contribution in [0.5, 0.6) is 0 Å². The minimum absolute atomic E-state index is 0.0273. The minimum atomic E-state index is -3.55. The number of amides is 1. The second-order valence-corrected chi connectivity index (χ2v) is 14.8. The number of aromatic nitrogens is 1. The summed E-state index contributed by atoms with van der Waals surface area (Å²) in [5.74, 6) is -0.496. The maximum Gasteiger partial charge on any atom is 0.225 e. The van der Waals surface area contributed by atoms with Gasteiger partial charge in [0.05, 0.1) is 29.9 Å². The Balaban J connectivity index is 1.36. The van der Waals surface area contributed by atoms with Crippen LogP contribution in [-0.4, -0.2) is 61.7 Å². The number of morpholine rings is 1. The van der Waals surface area contributed by atoms with Gasteiger partial charge in [-0.3, -0.25) is 4.79 Å². The molecule has 0 unspecified atom stereocenters. The summed E-state index contributed by atoms with van der Waals surface area (Å²) in [5.41, 5.74) is 0.781. The monoisotopic (exact) mass is 566 g/mol. The van der Waals surface area contributed by atoms with Crippen molar-refractivity contribution in [2.75, 3.05) is 26.3 Å². The number of sulfone groups is 1. The lowest BCUT2D eigenvalue weighted by Gasteiger charge is -2.53. The van der Waals surface area contributed by atoms with Gasteiger partial charge in [-0.05, 0) is 60.8 Å². The fourth-order valence-corrected chi connectivity index (χ4v) is 9.90. The summed E-state index contributed by atoms with van der Waals surface area (Å²) in [6, 6.07) is 6.22. The van der Waals surface area contributed by atoms with Crippen LogP contribution in [0, 0.1) is 23.2 Å². The number of benzene rings is 1. The maximum atomic E-state index is 13.2. The van der Waals surface area contributed by atoms with Crippen molar-refractivity contribution in [3.05, 3.63) is 44.9 Å². The first-order valence-electron chi connectivity index (χ1n) is 13.0. The van der Waals surface area contributed by atoms with Gasteiger partial charge in [0.15, 0.2) is 9.84 Å². The highest BCUT2D eigenvalue weighted by molar-refractivity contribution is 7.90. The highest BCUT2D eigenvalue weighted by Gasteiger charge is 2.54. The van der Waals surface area contributed by atoms with Crippen LogP contribution in [0.4, 0.5) is 0 Å². The van der Waals surface area contributed by atoms with E-state index in [2.05, 4.69) is 13.8 Å². The van der Waals surface area contributed by atoms with E-state index in [1.807, 2.05) is 11.8 Å². The average Bonchev–Trinajstić information content (AvgIpc) is 3.25. The first-order valence-corrected chi connectivity index (χ1v) is 15.9. The molecule has 2 fully saturated rings. The van der Waals surface area contributed by atoms with Crippen LogP contribution in [0.3, 0.4) is 0 Å². The molecule has 0 spiro atoms. The predicted molar refractivity (Wildman–Crippen MR) is 143 cm³/mol. The highest BCUT2D eigenvalue weighted by Crippen LogP contribution is 2.57. The molecule has 7 nitrogen and oxygen atoms in total. The van der Waals surface area contributed by atoms with Crippen molar-refractivity contribution in [1.82, 2.24) is 9.88 Å². The molecule has 1 aliphatic heterocycles. The van der Waals surface area contributed by atoms with Crippen LogP contribution in [0.25, 0.3) is 0 Å². The normalized spacial score (nSPS) is 30.9. The van der Waals surface area contributed by atoms with E-state index in [0.29, 0.717) is 36.3 Å². The van der Waals surface area contributed by atoms with E-state index in [0.717, 1.165) is 29.8 Å². The maximum absolute atomic E-state index is 13.2. The molecule has 1 amide bonds. The third kappa shape index (κ3) is 5.10. The zero-order chi connectivity index (χ0) is 26.5. The number of ether oxygens (including phenoxy) is 1. The molecule has 0 radical (unpaired) electrons. The fraction of sp³-hybridized carbons (Fsp3) is 0.630. The van der Waals surface area contributed by atoms with Gasteiger partial charge >= 0.3 is 0 Å². The topological polar surface area (TPSA) is 96.8 Å². The number of halogens is 1. The van der Waals surface area contributed by atoms with Gasteiger partial charge in [0.25, 0.3) is 0 Å². The summed E-state index contributed by atoms with van der Waals surface area (Å²) in [7, 11) is -3.55. The summed E-state index contributed by atoms with van der Waals surface area (Å²) in [4.78, 5) is 21.2. The van der Waals surface area contributed by atoms with E-state index in [1.165, 1.54) is 23.5 Å². The lowest BCUT2D eigenvalue weighted by Crippen LogP contribution is -2.54. The molecule has 1 saturated heterocycles. The molecule has 202 valence electrons.